The number of β-amino-alcohol motifs (C(OH)–C–C–N with tert-alkyl or cyclic N) is 1. The van der Waals surface area contributed by atoms with Gasteiger partial charge in [0.25, 0.3) is 5.91 Å². The number of carbonyl (C=O) groups is 1. The van der Waals surface area contributed by atoms with E-state index in [1.165, 1.54) is 30.9 Å². The van der Waals surface area contributed by atoms with Crippen LogP contribution < -0.4 is 0 Å². The Bertz CT molecular complexity index is 726. The fourth-order valence-corrected chi connectivity index (χ4v) is 3.21. The lowest BCUT2D eigenvalue weighted by atomic mass is 10.0. The van der Waals surface area contributed by atoms with E-state index in [1.54, 1.807) is 17.0 Å². The molecule has 0 saturated carbocycles. The topological polar surface area (TPSA) is 69.6 Å². The number of aromatic nitrogens is 2. The van der Waals surface area contributed by atoms with Gasteiger partial charge in [-0.2, -0.15) is 0 Å². The molecule has 6 nitrogen and oxygen atoms in total. The number of hydrogen-bond donors (Lipinski definition) is 1. The number of halogens is 1. The Morgan fingerprint density at radius 1 is 1.32 bits per heavy atom. The van der Waals surface area contributed by atoms with Gasteiger partial charge >= 0.3 is 0 Å². The zero-order valence-electron chi connectivity index (χ0n) is 14.1. The summed E-state index contributed by atoms with van der Waals surface area (Å²) >= 11 is 0. The summed E-state index contributed by atoms with van der Waals surface area (Å²) in [7, 11) is 1.90. The van der Waals surface area contributed by atoms with Crippen molar-refractivity contribution in [3.63, 3.8) is 0 Å². The summed E-state index contributed by atoms with van der Waals surface area (Å²) < 4.78 is 13.0. The van der Waals surface area contributed by atoms with Gasteiger partial charge in [-0.25, -0.2) is 14.4 Å². The molecule has 0 spiro atoms. The van der Waals surface area contributed by atoms with Gasteiger partial charge in [0.15, 0.2) is 0 Å². The van der Waals surface area contributed by atoms with Crippen molar-refractivity contribution in [1.82, 2.24) is 19.8 Å². The number of aliphatic hydroxyl groups is 1. The Morgan fingerprint density at radius 3 is 2.68 bits per heavy atom. The largest absolute Gasteiger partial charge is 0.387 e. The third-order valence-electron chi connectivity index (χ3n) is 4.36. The molecule has 7 heteroatoms. The molecular weight excluding hydrogens is 323 g/mol. The Labute approximate surface area is 145 Å². The predicted molar refractivity (Wildman–Crippen MR) is 90.2 cm³/mol. The van der Waals surface area contributed by atoms with E-state index in [2.05, 4.69) is 9.97 Å². The summed E-state index contributed by atoms with van der Waals surface area (Å²) in [4.78, 5) is 23.8. The smallest absolute Gasteiger partial charge is 0.257 e. The highest BCUT2D eigenvalue weighted by molar-refractivity contribution is 5.93. The number of amides is 1. The van der Waals surface area contributed by atoms with Crippen LogP contribution in [0.5, 0.6) is 0 Å². The third-order valence-corrected chi connectivity index (χ3v) is 4.36. The van der Waals surface area contributed by atoms with Crippen molar-refractivity contribution in [3.8, 4) is 0 Å². The molecule has 1 aliphatic heterocycles. The molecule has 2 heterocycles. The third kappa shape index (κ3) is 4.37. The summed E-state index contributed by atoms with van der Waals surface area (Å²) in [5, 5.41) is 10.8. The molecule has 1 aromatic carbocycles. The van der Waals surface area contributed by atoms with Crippen molar-refractivity contribution in [2.45, 2.75) is 18.6 Å². The minimum atomic E-state index is -0.958. The first-order chi connectivity index (χ1) is 12.0. The molecule has 2 aromatic rings. The molecule has 25 heavy (non-hydrogen) atoms. The van der Waals surface area contributed by atoms with Crippen molar-refractivity contribution < 1.29 is 14.3 Å². The van der Waals surface area contributed by atoms with Crippen LogP contribution >= 0.6 is 0 Å². The van der Waals surface area contributed by atoms with Gasteiger partial charge in [0.1, 0.15) is 12.1 Å². The van der Waals surface area contributed by atoms with E-state index in [4.69, 9.17) is 0 Å². The van der Waals surface area contributed by atoms with Crippen molar-refractivity contribution in [2.75, 3.05) is 26.7 Å². The number of carbonyl (C=O) groups excluding carboxylic acids is 1. The van der Waals surface area contributed by atoms with E-state index in [0.29, 0.717) is 31.6 Å². The van der Waals surface area contributed by atoms with Crippen LogP contribution in [0.2, 0.25) is 0 Å². The molecular formula is C18H21FN4O2. The van der Waals surface area contributed by atoms with E-state index in [0.717, 1.165) is 5.56 Å². The summed E-state index contributed by atoms with van der Waals surface area (Å²) in [6.45, 7) is 1.80. The van der Waals surface area contributed by atoms with Gasteiger partial charge in [-0.1, -0.05) is 12.1 Å². The number of benzene rings is 1. The minimum Gasteiger partial charge on any atom is -0.387 e. The van der Waals surface area contributed by atoms with Crippen molar-refractivity contribution in [1.29, 1.82) is 0 Å². The lowest BCUT2D eigenvalue weighted by molar-refractivity contribution is 0.0163. The molecule has 0 unspecified atom stereocenters. The molecule has 1 fully saturated rings. The van der Waals surface area contributed by atoms with Crippen LogP contribution in [-0.4, -0.2) is 63.1 Å². The average molecular weight is 344 g/mol. The zero-order valence-corrected chi connectivity index (χ0v) is 14.1. The normalized spacial score (nSPS) is 20.2. The first-order valence-corrected chi connectivity index (χ1v) is 8.15. The van der Waals surface area contributed by atoms with Crippen LogP contribution in [0.4, 0.5) is 4.39 Å². The number of hydrogen-bond acceptors (Lipinski definition) is 5. The first-order valence-electron chi connectivity index (χ1n) is 8.15. The second-order valence-electron chi connectivity index (χ2n) is 6.63. The SMILES string of the molecule is CN(Cc1ccc(F)cc1)C[C@]1(O)CCN(C(=O)c2cncnc2)C1. The first kappa shape index (κ1) is 17.4. The Morgan fingerprint density at radius 2 is 2.00 bits per heavy atom. The maximum atomic E-state index is 13.0. The van der Waals surface area contributed by atoms with Crippen molar-refractivity contribution in [3.05, 3.63) is 59.9 Å². The summed E-state index contributed by atoms with van der Waals surface area (Å²) in [6, 6.07) is 6.32. The fourth-order valence-electron chi connectivity index (χ4n) is 3.21. The summed E-state index contributed by atoms with van der Waals surface area (Å²) in [5.41, 5.74) is 0.436. The summed E-state index contributed by atoms with van der Waals surface area (Å²) in [6.07, 6.45) is 4.85. The number of nitrogens with zero attached hydrogens (tertiary/aromatic N) is 4. The molecule has 1 atom stereocenters. The van der Waals surface area contributed by atoms with Crippen LogP contribution in [0.3, 0.4) is 0 Å². The van der Waals surface area contributed by atoms with E-state index >= 15 is 0 Å². The summed E-state index contributed by atoms with van der Waals surface area (Å²) in [5.74, 6) is -0.433. The van der Waals surface area contributed by atoms with Gasteiger partial charge in [-0.15, -0.1) is 0 Å². The molecule has 0 bridgehead atoms. The van der Waals surface area contributed by atoms with Gasteiger partial charge in [0, 0.05) is 32.0 Å². The fraction of sp³-hybridized carbons (Fsp3) is 0.389. The number of likely N-dealkylation sites (N-methyl/N-ethyl adjacent to an activating group) is 1. The monoisotopic (exact) mass is 344 g/mol. The Kier molecular flexibility index (Phi) is 5.06. The lowest BCUT2D eigenvalue weighted by Crippen LogP contribution is -2.44. The van der Waals surface area contributed by atoms with Crippen LogP contribution in [0.15, 0.2) is 43.0 Å². The van der Waals surface area contributed by atoms with E-state index < -0.39 is 5.60 Å². The van der Waals surface area contributed by atoms with E-state index in [-0.39, 0.29) is 18.3 Å². The maximum Gasteiger partial charge on any atom is 0.257 e. The molecule has 1 saturated heterocycles. The van der Waals surface area contributed by atoms with Gasteiger partial charge in [0.05, 0.1) is 17.7 Å². The van der Waals surface area contributed by atoms with Crippen LogP contribution in [0.1, 0.15) is 22.3 Å². The highest BCUT2D eigenvalue weighted by atomic mass is 19.1. The quantitative estimate of drug-likeness (QED) is 0.886. The van der Waals surface area contributed by atoms with Crippen LogP contribution in [-0.2, 0) is 6.54 Å². The van der Waals surface area contributed by atoms with Crippen LogP contribution in [0.25, 0.3) is 0 Å². The van der Waals surface area contributed by atoms with Crippen LogP contribution in [0, 0.1) is 5.82 Å². The lowest BCUT2D eigenvalue weighted by Gasteiger charge is -2.29. The average Bonchev–Trinajstić information content (AvgIpc) is 2.98. The molecule has 132 valence electrons. The van der Waals surface area contributed by atoms with Gasteiger partial charge in [-0.05, 0) is 31.2 Å². The highest BCUT2D eigenvalue weighted by Crippen LogP contribution is 2.24. The molecule has 1 aliphatic rings. The minimum absolute atomic E-state index is 0.169. The Balaban J connectivity index is 1.57. The second-order valence-corrected chi connectivity index (χ2v) is 6.63. The highest BCUT2D eigenvalue weighted by Gasteiger charge is 2.39. The zero-order chi connectivity index (χ0) is 17.9. The molecule has 1 N–H and O–H groups in total. The Hall–Kier alpha value is -2.38. The predicted octanol–water partition coefficient (Wildman–Crippen LogP) is 1.32. The van der Waals surface area contributed by atoms with Crippen molar-refractivity contribution in [2.24, 2.45) is 0 Å². The van der Waals surface area contributed by atoms with Gasteiger partial charge < -0.3 is 10.0 Å². The van der Waals surface area contributed by atoms with Gasteiger partial charge in [0.2, 0.25) is 0 Å². The maximum absolute atomic E-state index is 13.0. The molecule has 1 aromatic heterocycles. The van der Waals surface area contributed by atoms with E-state index in [1.807, 2.05) is 11.9 Å². The molecule has 1 amide bonds. The van der Waals surface area contributed by atoms with Crippen molar-refractivity contribution >= 4 is 5.91 Å². The molecule has 0 radical (unpaired) electrons. The molecule has 3 rings (SSSR count). The number of rotatable bonds is 5. The van der Waals surface area contributed by atoms with E-state index in [9.17, 15) is 14.3 Å². The second kappa shape index (κ2) is 7.25. The molecule has 0 aliphatic carbocycles. The van der Waals surface area contributed by atoms with Gasteiger partial charge in [-0.3, -0.25) is 9.69 Å². The number of likely N-dealkylation sites (tertiary alicyclic amines) is 1. The standard InChI is InChI=1S/C18H21FN4O2/c1-22(10-14-2-4-16(19)5-3-14)11-18(25)6-7-23(12-18)17(24)15-8-20-13-21-9-15/h2-5,8-9,13,25H,6-7,10-12H2,1H3/t18-/m1/s1.